The van der Waals surface area contributed by atoms with Crippen LogP contribution in [0.25, 0.3) is 0 Å². The largest absolute Gasteiger partial charge is 0.416 e. The van der Waals surface area contributed by atoms with E-state index in [1.165, 1.54) is 22.9 Å². The minimum Gasteiger partial charge on any atom is -0.329 e. The molecular weight excluding hydrogens is 329 g/mol. The lowest BCUT2D eigenvalue weighted by Crippen LogP contribution is -2.07. The monoisotopic (exact) mass is 338 g/mol. The molecule has 2 aromatic rings. The molecule has 0 bridgehead atoms. The Bertz CT molecular complexity index is 769. The number of rotatable bonds is 3. The number of aryl methyl sites for hydroxylation is 1. The van der Waals surface area contributed by atoms with Crippen LogP contribution in [0.5, 0.6) is 0 Å². The van der Waals surface area contributed by atoms with Gasteiger partial charge in [0.05, 0.1) is 5.56 Å². The van der Waals surface area contributed by atoms with Gasteiger partial charge in [-0.15, -0.1) is 0 Å². The third-order valence-corrected chi connectivity index (χ3v) is 3.98. The highest BCUT2D eigenvalue weighted by molar-refractivity contribution is 8.13. The maximum atomic E-state index is 12.6. The molecule has 21 heavy (non-hydrogen) atoms. The zero-order valence-electron chi connectivity index (χ0n) is 10.7. The van der Waals surface area contributed by atoms with Gasteiger partial charge in [0.15, 0.2) is 5.03 Å². The van der Waals surface area contributed by atoms with Gasteiger partial charge in [-0.2, -0.15) is 13.2 Å². The molecule has 0 aliphatic heterocycles. The molecule has 0 radical (unpaired) electrons. The normalized spacial score (nSPS) is 12.6. The van der Waals surface area contributed by atoms with Gasteiger partial charge in [0.1, 0.15) is 5.82 Å². The van der Waals surface area contributed by atoms with Gasteiger partial charge in [-0.05, 0) is 24.6 Å². The van der Waals surface area contributed by atoms with Gasteiger partial charge in [0, 0.05) is 23.4 Å². The maximum Gasteiger partial charge on any atom is 0.416 e. The van der Waals surface area contributed by atoms with E-state index in [4.69, 9.17) is 10.7 Å². The topological polar surface area (TPSA) is 52.0 Å². The van der Waals surface area contributed by atoms with E-state index in [0.717, 1.165) is 12.1 Å². The molecule has 0 amide bonds. The van der Waals surface area contributed by atoms with Gasteiger partial charge in [-0.1, -0.05) is 12.1 Å². The number of nitrogens with zero attached hydrogens (tertiary/aromatic N) is 2. The molecule has 0 saturated carbocycles. The van der Waals surface area contributed by atoms with Gasteiger partial charge in [-0.25, -0.2) is 13.4 Å². The Morgan fingerprint density at radius 1 is 1.33 bits per heavy atom. The first-order valence-corrected chi connectivity index (χ1v) is 8.03. The number of aromatic nitrogens is 2. The average molecular weight is 339 g/mol. The fourth-order valence-corrected chi connectivity index (χ4v) is 2.52. The third kappa shape index (κ3) is 3.76. The summed E-state index contributed by atoms with van der Waals surface area (Å²) in [6, 6.07) is 4.79. The van der Waals surface area contributed by atoms with E-state index >= 15 is 0 Å². The number of halogens is 4. The van der Waals surface area contributed by atoms with Crippen molar-refractivity contribution in [3.05, 3.63) is 47.4 Å². The Kier molecular flexibility index (Phi) is 4.03. The summed E-state index contributed by atoms with van der Waals surface area (Å²) in [7, 11) is 1.21. The molecule has 4 nitrogen and oxygen atoms in total. The van der Waals surface area contributed by atoms with E-state index in [-0.39, 0.29) is 11.6 Å². The molecule has 0 saturated heterocycles. The minimum absolute atomic E-state index is 0.0646. The van der Waals surface area contributed by atoms with E-state index in [2.05, 4.69) is 4.98 Å². The van der Waals surface area contributed by atoms with Crippen LogP contribution >= 0.6 is 10.7 Å². The summed E-state index contributed by atoms with van der Waals surface area (Å²) in [6.07, 6.45) is -3.23. The third-order valence-electron chi connectivity index (χ3n) is 2.81. The van der Waals surface area contributed by atoms with Gasteiger partial charge in [0.2, 0.25) is 0 Å². The summed E-state index contributed by atoms with van der Waals surface area (Å²) in [5, 5.41) is -0.325. The summed E-state index contributed by atoms with van der Waals surface area (Å²) in [5.74, 6) is 0.339. The lowest BCUT2D eigenvalue weighted by atomic mass is 10.1. The first-order chi connectivity index (χ1) is 9.57. The molecule has 0 aliphatic carbocycles. The zero-order chi connectivity index (χ0) is 15.8. The van der Waals surface area contributed by atoms with Crippen LogP contribution in [0, 0.1) is 6.92 Å². The molecule has 9 heteroatoms. The van der Waals surface area contributed by atoms with Crippen LogP contribution in [-0.2, 0) is 21.8 Å². The fraction of sp³-hybridized carbons (Fsp3) is 0.250. The van der Waals surface area contributed by atoms with Gasteiger partial charge in [0.25, 0.3) is 9.05 Å². The fourth-order valence-electron chi connectivity index (χ4n) is 1.80. The van der Waals surface area contributed by atoms with Crippen molar-refractivity contribution in [2.45, 2.75) is 24.7 Å². The second-order valence-corrected chi connectivity index (χ2v) is 6.90. The lowest BCUT2D eigenvalue weighted by molar-refractivity contribution is -0.137. The number of benzene rings is 1. The predicted octanol–water partition coefficient (Wildman–Crippen LogP) is 3.19. The minimum atomic E-state index is -4.43. The van der Waals surface area contributed by atoms with Crippen LogP contribution in [0.15, 0.2) is 35.5 Å². The van der Waals surface area contributed by atoms with Crippen LogP contribution in [0.3, 0.4) is 0 Å². The van der Waals surface area contributed by atoms with Crippen LogP contribution in [0.1, 0.15) is 17.0 Å². The molecule has 1 aromatic carbocycles. The number of hydrogen-bond donors (Lipinski definition) is 0. The van der Waals surface area contributed by atoms with Crippen molar-refractivity contribution in [2.24, 2.45) is 0 Å². The standard InChI is InChI=1S/C12H10ClF3N2O2S/c1-8-17-11(21(13,19)20)7-18(8)6-9-3-2-4-10(5-9)12(14,15)16/h2-5,7H,6H2,1H3. The summed E-state index contributed by atoms with van der Waals surface area (Å²) in [5.41, 5.74) is -0.383. The molecule has 0 fully saturated rings. The molecule has 114 valence electrons. The highest BCUT2D eigenvalue weighted by Crippen LogP contribution is 2.29. The van der Waals surface area contributed by atoms with Crippen molar-refractivity contribution in [1.29, 1.82) is 0 Å². The van der Waals surface area contributed by atoms with Gasteiger partial charge < -0.3 is 4.57 Å². The SMILES string of the molecule is Cc1nc(S(=O)(=O)Cl)cn1Cc1cccc(C(F)(F)F)c1. The summed E-state index contributed by atoms with van der Waals surface area (Å²) in [4.78, 5) is 3.77. The molecule has 1 aromatic heterocycles. The van der Waals surface area contributed by atoms with Gasteiger partial charge >= 0.3 is 6.18 Å². The second-order valence-electron chi connectivity index (χ2n) is 4.39. The average Bonchev–Trinajstić information content (AvgIpc) is 2.70. The molecular formula is C12H10ClF3N2O2S. The van der Waals surface area contributed by atoms with Crippen molar-refractivity contribution in [2.75, 3.05) is 0 Å². The molecule has 0 spiro atoms. The van der Waals surface area contributed by atoms with Crippen molar-refractivity contribution < 1.29 is 21.6 Å². The number of imidazole rings is 1. The van der Waals surface area contributed by atoms with E-state index in [9.17, 15) is 21.6 Å². The van der Waals surface area contributed by atoms with Crippen molar-refractivity contribution in [1.82, 2.24) is 9.55 Å². The summed E-state index contributed by atoms with van der Waals surface area (Å²) in [6.45, 7) is 1.61. The number of alkyl halides is 3. The van der Waals surface area contributed by atoms with Crippen LogP contribution in [0.2, 0.25) is 0 Å². The highest BCUT2D eigenvalue weighted by Gasteiger charge is 2.30. The molecule has 0 aliphatic rings. The lowest BCUT2D eigenvalue weighted by Gasteiger charge is -2.09. The van der Waals surface area contributed by atoms with Crippen molar-refractivity contribution in [3.8, 4) is 0 Å². The van der Waals surface area contributed by atoms with Crippen molar-refractivity contribution >= 4 is 19.7 Å². The first-order valence-electron chi connectivity index (χ1n) is 5.72. The smallest absolute Gasteiger partial charge is 0.329 e. The summed E-state index contributed by atoms with van der Waals surface area (Å²) < 4.78 is 61.7. The van der Waals surface area contributed by atoms with Crippen LogP contribution in [0.4, 0.5) is 13.2 Å². The Balaban J connectivity index is 2.33. The Hall–Kier alpha value is -1.54. The van der Waals surface area contributed by atoms with Crippen LogP contribution in [-0.4, -0.2) is 18.0 Å². The zero-order valence-corrected chi connectivity index (χ0v) is 12.3. The molecule has 0 unspecified atom stereocenters. The van der Waals surface area contributed by atoms with E-state index in [0.29, 0.717) is 11.4 Å². The van der Waals surface area contributed by atoms with E-state index in [1.54, 1.807) is 6.92 Å². The van der Waals surface area contributed by atoms with E-state index in [1.807, 2.05) is 0 Å². The van der Waals surface area contributed by atoms with Gasteiger partial charge in [-0.3, -0.25) is 0 Å². The Labute approximate surface area is 123 Å². The maximum absolute atomic E-state index is 12.6. The van der Waals surface area contributed by atoms with Crippen molar-refractivity contribution in [3.63, 3.8) is 0 Å². The molecule has 2 rings (SSSR count). The highest BCUT2D eigenvalue weighted by atomic mass is 35.7. The second kappa shape index (κ2) is 5.34. The first kappa shape index (κ1) is 15.8. The van der Waals surface area contributed by atoms with Crippen LogP contribution < -0.4 is 0 Å². The molecule has 0 N–H and O–H groups in total. The Morgan fingerprint density at radius 3 is 2.52 bits per heavy atom. The summed E-state index contributed by atoms with van der Waals surface area (Å²) >= 11 is 0. The quantitative estimate of drug-likeness (QED) is 0.808. The predicted molar refractivity (Wildman–Crippen MR) is 70.5 cm³/mol. The molecule has 1 heterocycles. The number of hydrogen-bond acceptors (Lipinski definition) is 3. The van der Waals surface area contributed by atoms with E-state index < -0.39 is 20.8 Å². The Morgan fingerprint density at radius 2 is 2.00 bits per heavy atom. The molecule has 0 atom stereocenters.